The van der Waals surface area contributed by atoms with Crippen LogP contribution in [0.3, 0.4) is 0 Å². The minimum atomic E-state index is -0.974. The summed E-state index contributed by atoms with van der Waals surface area (Å²) in [5.74, 6) is -3.97. The minimum absolute atomic E-state index is 0.0424. The molecule has 12 unspecified atom stereocenters. The highest BCUT2D eigenvalue weighted by Crippen LogP contribution is 2.22. The van der Waals surface area contributed by atoms with Gasteiger partial charge in [0.1, 0.15) is 42.3 Å². The van der Waals surface area contributed by atoms with E-state index in [1.165, 1.54) is 45.4 Å². The van der Waals surface area contributed by atoms with Crippen LogP contribution >= 0.6 is 0 Å². The zero-order valence-corrected chi connectivity index (χ0v) is 66.8. The van der Waals surface area contributed by atoms with Gasteiger partial charge < -0.3 is 66.8 Å². The van der Waals surface area contributed by atoms with E-state index in [0.717, 1.165) is 38.5 Å². The number of carbonyl (C=O) groups excluding carboxylic acids is 11. The average molecular weight is 1410 g/mol. The van der Waals surface area contributed by atoms with Crippen molar-refractivity contribution in [2.75, 3.05) is 56.4 Å². The van der Waals surface area contributed by atoms with Crippen molar-refractivity contribution in [3.63, 3.8) is 0 Å². The number of ketones is 2. The van der Waals surface area contributed by atoms with E-state index in [1.807, 2.05) is 104 Å². The normalized spacial score (nSPS) is 15.0. The van der Waals surface area contributed by atoms with E-state index in [1.54, 1.807) is 56.3 Å². The number of unbranched alkanes of at least 4 members (excludes halogenated alkanes) is 4. The number of Topliss-reactive ketones (excluding diaryl/α,β-unsaturated/α-hetero) is 2. The van der Waals surface area contributed by atoms with E-state index in [0.29, 0.717) is 70.1 Å². The minimum Gasteiger partial charge on any atom is -0.480 e. The standard InChI is InChI=1S/C37H70N6O6.C27H52N4O4.C10H20N2O3/c1-15-18-19-20-28(26(10)44)39-33(45)30(21-23(4)5)43(14)37(49)32(25(8)9)40-34(46)31(22-24(6)7)42(13)36(48)29(17-3)41(12)35(47)27(16-2)38-11;1-11-12-13-14-21(20(8)32)29-26(34)23(16-18(4)5)31(10)27(35)24(19(6)7)30-25(33)22(28-9)15-17(2)3;1-5-7(11-3)9(13)12(4)8(6-2)10(14)15/h23-25,27-32,38H,15-22H2,1-14H3,(H,39,45)(H,40,46);17-19,21-24,28H,11-16H2,1-10H3,(H,29,34)(H,30,33);7-8,11H,5-6H2,1-4H3,(H,14,15). The summed E-state index contributed by atoms with van der Waals surface area (Å²) >= 11 is 0. The highest BCUT2D eigenvalue weighted by atomic mass is 16.4. The van der Waals surface area contributed by atoms with Gasteiger partial charge in [0.2, 0.25) is 53.2 Å². The molecule has 0 aliphatic carbocycles. The number of hydrogen-bond donors (Lipinski definition) is 8. The molecule has 9 amide bonds. The third-order valence-corrected chi connectivity index (χ3v) is 18.2. The Morgan fingerprint density at radius 2 is 0.606 bits per heavy atom. The summed E-state index contributed by atoms with van der Waals surface area (Å²) in [5, 5.41) is 29.4. The summed E-state index contributed by atoms with van der Waals surface area (Å²) in [5.41, 5.74) is 0. The Kier molecular flexibility index (Phi) is 50.1. The van der Waals surface area contributed by atoms with Crippen LogP contribution in [0.4, 0.5) is 0 Å². The molecule has 0 aromatic heterocycles. The Morgan fingerprint density at radius 3 is 0.859 bits per heavy atom. The first-order valence-electron chi connectivity index (χ1n) is 36.9. The fourth-order valence-electron chi connectivity index (χ4n) is 11.7. The molecule has 25 heteroatoms. The van der Waals surface area contributed by atoms with Crippen LogP contribution in [0.15, 0.2) is 0 Å². The first kappa shape index (κ1) is 97.1. The first-order valence-corrected chi connectivity index (χ1v) is 36.9. The quantitative estimate of drug-likeness (QED) is 0.0276. The molecule has 0 spiro atoms. The molecular formula is C74H142N12O13. The lowest BCUT2D eigenvalue weighted by atomic mass is 9.96. The molecule has 99 heavy (non-hydrogen) atoms. The maximum absolute atomic E-state index is 14.1. The van der Waals surface area contributed by atoms with Gasteiger partial charge in [0, 0.05) is 35.2 Å². The number of carboxylic acid groups (broad SMARTS) is 1. The van der Waals surface area contributed by atoms with Crippen molar-refractivity contribution in [3.05, 3.63) is 0 Å². The number of amides is 9. The molecule has 0 radical (unpaired) electrons. The second-order valence-corrected chi connectivity index (χ2v) is 29.1. The number of hydrogen-bond acceptors (Lipinski definition) is 15. The Morgan fingerprint density at radius 1 is 0.323 bits per heavy atom. The molecular weight excluding hydrogens is 1260 g/mol. The maximum Gasteiger partial charge on any atom is 0.326 e. The summed E-state index contributed by atoms with van der Waals surface area (Å²) in [4.78, 5) is 163. The predicted molar refractivity (Wildman–Crippen MR) is 395 cm³/mol. The fourth-order valence-corrected chi connectivity index (χ4v) is 11.7. The maximum atomic E-state index is 14.1. The lowest BCUT2D eigenvalue weighted by Gasteiger charge is -2.37. The van der Waals surface area contributed by atoms with Gasteiger partial charge in [0.15, 0.2) is 11.6 Å². The number of carboxylic acids is 1. The topological polar surface area (TPSA) is 325 Å². The van der Waals surface area contributed by atoms with Gasteiger partial charge in [0.05, 0.1) is 30.2 Å². The van der Waals surface area contributed by atoms with Gasteiger partial charge in [0.25, 0.3) is 0 Å². The fraction of sp³-hybridized carbons (Fsp3) is 0.838. The average Bonchev–Trinajstić information content (AvgIpc) is 0.830. The van der Waals surface area contributed by atoms with Gasteiger partial charge in [-0.05, 0) is 135 Å². The second kappa shape index (κ2) is 51.1. The number of nitrogens with zero attached hydrogens (tertiary/aromatic N) is 5. The summed E-state index contributed by atoms with van der Waals surface area (Å²) in [6.07, 6.45) is 10.6. The third kappa shape index (κ3) is 34.9. The van der Waals surface area contributed by atoms with Crippen molar-refractivity contribution in [2.45, 2.75) is 314 Å². The van der Waals surface area contributed by atoms with Gasteiger partial charge in [-0.2, -0.15) is 0 Å². The lowest BCUT2D eigenvalue weighted by molar-refractivity contribution is -0.150. The van der Waals surface area contributed by atoms with Crippen LogP contribution in [0.5, 0.6) is 0 Å². The number of nitrogens with one attached hydrogen (secondary N) is 7. The second-order valence-electron chi connectivity index (χ2n) is 29.1. The zero-order chi connectivity index (χ0) is 77.5. The van der Waals surface area contributed by atoms with Gasteiger partial charge in [-0.3, -0.25) is 52.7 Å². The molecule has 0 fully saturated rings. The van der Waals surface area contributed by atoms with Crippen molar-refractivity contribution in [3.8, 4) is 0 Å². The highest BCUT2D eigenvalue weighted by Gasteiger charge is 2.41. The van der Waals surface area contributed by atoms with Crippen LogP contribution in [0.2, 0.25) is 0 Å². The van der Waals surface area contributed by atoms with Crippen molar-refractivity contribution in [1.82, 2.24) is 61.7 Å². The molecule has 0 aromatic rings. The van der Waals surface area contributed by atoms with E-state index < -0.39 is 90.2 Å². The zero-order valence-electron chi connectivity index (χ0n) is 66.8. The van der Waals surface area contributed by atoms with Crippen LogP contribution < -0.4 is 37.2 Å². The summed E-state index contributed by atoms with van der Waals surface area (Å²) in [6.45, 7) is 37.8. The van der Waals surface area contributed by atoms with Crippen LogP contribution in [0, 0.1) is 35.5 Å². The van der Waals surface area contributed by atoms with Gasteiger partial charge in [-0.25, -0.2) is 4.79 Å². The van der Waals surface area contributed by atoms with E-state index in [9.17, 15) is 57.5 Å². The molecule has 0 saturated heterocycles. The molecule has 0 rings (SSSR count). The van der Waals surface area contributed by atoms with E-state index in [2.05, 4.69) is 51.1 Å². The Labute approximate surface area is 598 Å². The molecule has 12 atom stereocenters. The van der Waals surface area contributed by atoms with Gasteiger partial charge in [-0.1, -0.05) is 163 Å². The van der Waals surface area contributed by atoms with Gasteiger partial charge in [-0.15, -0.1) is 0 Å². The Balaban J connectivity index is -0.00000159. The monoisotopic (exact) mass is 1410 g/mol. The predicted octanol–water partition coefficient (Wildman–Crippen LogP) is 7.36. The third-order valence-electron chi connectivity index (χ3n) is 18.2. The molecule has 0 aromatic carbocycles. The SMILES string of the molecule is CCC(NC)C(=O)N(C)C(CC)C(=O)O.CCCCCC(NC(=O)C(CC(C)C)N(C)C(=O)C(NC(=O)C(CC(C)C)N(C)C(=O)C(CC)N(C)C(=O)C(CC)NC)C(C)C)C(C)=O.CCCCCC(NC(=O)C(CC(C)C)N(C)C(=O)C(NC(=O)C(CC(C)C)NC)C(C)C)C(C)=O. The van der Waals surface area contributed by atoms with Crippen LogP contribution in [0.1, 0.15) is 241 Å². The van der Waals surface area contributed by atoms with Crippen molar-refractivity contribution in [1.29, 1.82) is 0 Å². The number of carbonyl (C=O) groups is 12. The molecule has 0 heterocycles. The van der Waals surface area contributed by atoms with Gasteiger partial charge >= 0.3 is 5.97 Å². The first-order chi connectivity index (χ1) is 46.0. The Bertz CT molecular complexity index is 2450. The largest absolute Gasteiger partial charge is 0.480 e. The lowest BCUT2D eigenvalue weighted by Crippen LogP contribution is -2.61. The van der Waals surface area contributed by atoms with E-state index >= 15 is 0 Å². The molecule has 25 nitrogen and oxygen atoms in total. The molecule has 8 N–H and O–H groups in total. The van der Waals surface area contributed by atoms with Crippen LogP contribution in [0.25, 0.3) is 0 Å². The summed E-state index contributed by atoms with van der Waals surface area (Å²) in [6, 6.07) is -8.04. The molecule has 0 saturated carbocycles. The smallest absolute Gasteiger partial charge is 0.326 e. The van der Waals surface area contributed by atoms with Crippen LogP contribution in [-0.4, -0.2) is 229 Å². The van der Waals surface area contributed by atoms with E-state index in [4.69, 9.17) is 5.11 Å². The number of rotatable bonds is 46. The summed E-state index contributed by atoms with van der Waals surface area (Å²) in [7, 11) is 13.0. The van der Waals surface area contributed by atoms with Crippen LogP contribution in [-0.2, 0) is 57.5 Å². The Hall–Kier alpha value is -6.08. The molecule has 576 valence electrons. The molecule has 0 aliphatic heterocycles. The molecule has 0 bridgehead atoms. The van der Waals surface area contributed by atoms with Crippen molar-refractivity contribution in [2.24, 2.45) is 35.5 Å². The van der Waals surface area contributed by atoms with Crippen molar-refractivity contribution < 1.29 is 62.6 Å². The number of likely N-dealkylation sites (N-methyl/N-ethyl adjacent to an activating group) is 8. The number of aliphatic carboxylic acids is 1. The van der Waals surface area contributed by atoms with Crippen molar-refractivity contribution >= 4 is 70.7 Å². The molecule has 0 aliphatic rings. The highest BCUT2D eigenvalue weighted by molar-refractivity contribution is 5.98. The summed E-state index contributed by atoms with van der Waals surface area (Å²) < 4.78 is 0. The van der Waals surface area contributed by atoms with E-state index in [-0.39, 0.29) is 82.6 Å².